The van der Waals surface area contributed by atoms with Crippen LogP contribution in [0, 0.1) is 5.92 Å². The van der Waals surface area contributed by atoms with Crippen molar-refractivity contribution in [3.8, 4) is 5.75 Å². The second-order valence-electron chi connectivity index (χ2n) is 4.69. The largest absolute Gasteiger partial charge is 0.415 e. The third-order valence-electron chi connectivity index (χ3n) is 3.27. The average molecular weight is 246 g/mol. The minimum atomic E-state index is -0.263. The lowest BCUT2D eigenvalue weighted by Gasteiger charge is -2.29. The SMILES string of the molecule is C=Nc1ccc(OC(=O)N2CCC(C)CC2)cc1. The van der Waals surface area contributed by atoms with Gasteiger partial charge in [-0.2, -0.15) is 0 Å². The van der Waals surface area contributed by atoms with Gasteiger partial charge in [0.15, 0.2) is 0 Å². The summed E-state index contributed by atoms with van der Waals surface area (Å²) in [5, 5.41) is 0. The molecule has 0 atom stereocenters. The van der Waals surface area contributed by atoms with Crippen molar-refractivity contribution in [2.75, 3.05) is 13.1 Å². The maximum atomic E-state index is 11.9. The minimum absolute atomic E-state index is 0.263. The molecule has 1 aromatic carbocycles. The van der Waals surface area contributed by atoms with E-state index in [0.29, 0.717) is 11.7 Å². The summed E-state index contributed by atoms with van der Waals surface area (Å²) >= 11 is 0. The first-order chi connectivity index (χ1) is 8.69. The van der Waals surface area contributed by atoms with Gasteiger partial charge in [-0.05, 0) is 49.7 Å². The molecule has 0 N–H and O–H groups in total. The number of amides is 1. The van der Waals surface area contributed by atoms with Crippen molar-refractivity contribution >= 4 is 18.5 Å². The number of carbonyl (C=O) groups is 1. The molecule has 18 heavy (non-hydrogen) atoms. The lowest BCUT2D eigenvalue weighted by Crippen LogP contribution is -2.39. The van der Waals surface area contributed by atoms with Crippen molar-refractivity contribution in [1.29, 1.82) is 0 Å². The molecule has 4 heteroatoms. The number of hydrogen-bond acceptors (Lipinski definition) is 3. The van der Waals surface area contributed by atoms with Gasteiger partial charge in [0.2, 0.25) is 0 Å². The first-order valence-corrected chi connectivity index (χ1v) is 6.22. The van der Waals surface area contributed by atoms with Crippen LogP contribution in [0.4, 0.5) is 10.5 Å². The molecular formula is C14H18N2O2. The summed E-state index contributed by atoms with van der Waals surface area (Å²) in [6.45, 7) is 7.22. The Morgan fingerprint density at radius 2 is 1.94 bits per heavy atom. The fraction of sp³-hybridized carbons (Fsp3) is 0.429. The molecule has 0 saturated carbocycles. The fourth-order valence-electron chi connectivity index (χ4n) is 1.98. The van der Waals surface area contributed by atoms with E-state index in [9.17, 15) is 4.79 Å². The lowest BCUT2D eigenvalue weighted by molar-refractivity contribution is 0.133. The van der Waals surface area contributed by atoms with Crippen LogP contribution in [-0.2, 0) is 0 Å². The predicted molar refractivity (Wildman–Crippen MR) is 71.6 cm³/mol. The summed E-state index contributed by atoms with van der Waals surface area (Å²) < 4.78 is 5.31. The summed E-state index contributed by atoms with van der Waals surface area (Å²) in [5.74, 6) is 1.25. The number of ether oxygens (including phenoxy) is 1. The highest BCUT2D eigenvalue weighted by atomic mass is 16.6. The van der Waals surface area contributed by atoms with E-state index in [2.05, 4.69) is 18.6 Å². The first kappa shape index (κ1) is 12.6. The number of benzene rings is 1. The third kappa shape index (κ3) is 3.09. The summed E-state index contributed by atoms with van der Waals surface area (Å²) in [4.78, 5) is 17.4. The van der Waals surface area contributed by atoms with Crippen molar-refractivity contribution in [3.63, 3.8) is 0 Å². The molecule has 1 aliphatic heterocycles. The topological polar surface area (TPSA) is 41.9 Å². The molecular weight excluding hydrogens is 228 g/mol. The van der Waals surface area contributed by atoms with E-state index >= 15 is 0 Å². The molecule has 1 heterocycles. The van der Waals surface area contributed by atoms with E-state index in [0.717, 1.165) is 31.6 Å². The van der Waals surface area contributed by atoms with E-state index in [1.54, 1.807) is 29.2 Å². The van der Waals surface area contributed by atoms with Crippen LogP contribution in [0.15, 0.2) is 29.3 Å². The average Bonchev–Trinajstić information content (AvgIpc) is 2.40. The van der Waals surface area contributed by atoms with Gasteiger partial charge >= 0.3 is 6.09 Å². The molecule has 0 aromatic heterocycles. The molecule has 96 valence electrons. The van der Waals surface area contributed by atoms with E-state index in [1.807, 2.05) is 0 Å². The van der Waals surface area contributed by atoms with Gasteiger partial charge in [0, 0.05) is 13.1 Å². The summed E-state index contributed by atoms with van der Waals surface area (Å²) in [7, 11) is 0. The Kier molecular flexibility index (Phi) is 3.97. The monoisotopic (exact) mass is 246 g/mol. The van der Waals surface area contributed by atoms with E-state index < -0.39 is 0 Å². The quantitative estimate of drug-likeness (QED) is 0.752. The molecule has 0 radical (unpaired) electrons. The highest BCUT2D eigenvalue weighted by molar-refractivity contribution is 5.71. The summed E-state index contributed by atoms with van der Waals surface area (Å²) in [6, 6.07) is 7.00. The molecule has 0 bridgehead atoms. The normalized spacial score (nSPS) is 16.4. The lowest BCUT2D eigenvalue weighted by atomic mass is 10.00. The Morgan fingerprint density at radius 3 is 2.50 bits per heavy atom. The van der Waals surface area contributed by atoms with Crippen LogP contribution in [0.25, 0.3) is 0 Å². The van der Waals surface area contributed by atoms with Crippen LogP contribution in [-0.4, -0.2) is 30.8 Å². The summed E-state index contributed by atoms with van der Waals surface area (Å²) in [5.41, 5.74) is 0.765. The van der Waals surface area contributed by atoms with Crippen LogP contribution in [0.3, 0.4) is 0 Å². The van der Waals surface area contributed by atoms with Crippen LogP contribution in [0.1, 0.15) is 19.8 Å². The second kappa shape index (κ2) is 5.67. The van der Waals surface area contributed by atoms with Crippen molar-refractivity contribution in [2.45, 2.75) is 19.8 Å². The molecule has 4 nitrogen and oxygen atoms in total. The summed E-state index contributed by atoms with van der Waals surface area (Å²) in [6.07, 6.45) is 1.84. The van der Waals surface area contributed by atoms with E-state index in [-0.39, 0.29) is 6.09 Å². The molecule has 1 aliphatic rings. The number of likely N-dealkylation sites (tertiary alicyclic amines) is 1. The minimum Gasteiger partial charge on any atom is -0.410 e. The Labute approximate surface area is 107 Å². The standard InChI is InChI=1S/C14H18N2O2/c1-11-7-9-16(10-8-11)14(17)18-13-5-3-12(15-2)4-6-13/h3-6,11H,2,7-10H2,1H3. The zero-order valence-electron chi connectivity index (χ0n) is 10.6. The molecule has 2 rings (SSSR count). The highest BCUT2D eigenvalue weighted by Gasteiger charge is 2.21. The maximum absolute atomic E-state index is 11.9. The number of hydrogen-bond donors (Lipinski definition) is 0. The fourth-order valence-corrected chi connectivity index (χ4v) is 1.98. The maximum Gasteiger partial charge on any atom is 0.415 e. The van der Waals surface area contributed by atoms with Gasteiger partial charge in [-0.25, -0.2) is 4.79 Å². The number of carbonyl (C=O) groups excluding carboxylic acids is 1. The third-order valence-corrected chi connectivity index (χ3v) is 3.27. The van der Waals surface area contributed by atoms with Gasteiger partial charge in [0.25, 0.3) is 0 Å². The molecule has 1 aromatic rings. The Morgan fingerprint density at radius 1 is 1.33 bits per heavy atom. The van der Waals surface area contributed by atoms with E-state index in [1.165, 1.54) is 0 Å². The number of piperidine rings is 1. The van der Waals surface area contributed by atoms with Crippen LogP contribution in [0.5, 0.6) is 5.75 Å². The van der Waals surface area contributed by atoms with Gasteiger partial charge in [-0.3, -0.25) is 4.99 Å². The van der Waals surface area contributed by atoms with Gasteiger partial charge in [0.05, 0.1) is 5.69 Å². The Balaban J connectivity index is 1.92. The molecule has 1 amide bonds. The van der Waals surface area contributed by atoms with Gasteiger partial charge in [0.1, 0.15) is 5.75 Å². The van der Waals surface area contributed by atoms with Gasteiger partial charge < -0.3 is 9.64 Å². The van der Waals surface area contributed by atoms with Crippen molar-refractivity contribution < 1.29 is 9.53 Å². The molecule has 0 aliphatic carbocycles. The smallest absolute Gasteiger partial charge is 0.410 e. The zero-order chi connectivity index (χ0) is 13.0. The van der Waals surface area contributed by atoms with Crippen LogP contribution in [0.2, 0.25) is 0 Å². The number of rotatable bonds is 2. The van der Waals surface area contributed by atoms with Gasteiger partial charge in [-0.15, -0.1) is 0 Å². The zero-order valence-corrected chi connectivity index (χ0v) is 10.6. The molecule has 1 fully saturated rings. The molecule has 0 unspecified atom stereocenters. The van der Waals surface area contributed by atoms with Crippen LogP contribution < -0.4 is 4.74 Å². The highest BCUT2D eigenvalue weighted by Crippen LogP contribution is 2.20. The molecule has 0 spiro atoms. The van der Waals surface area contributed by atoms with Crippen LogP contribution >= 0.6 is 0 Å². The van der Waals surface area contributed by atoms with E-state index in [4.69, 9.17) is 4.74 Å². The number of aliphatic imine (C=N–C) groups is 1. The Hall–Kier alpha value is -1.84. The van der Waals surface area contributed by atoms with Crippen molar-refractivity contribution in [3.05, 3.63) is 24.3 Å². The molecule has 1 saturated heterocycles. The predicted octanol–water partition coefficient (Wildman–Crippen LogP) is 3.25. The first-order valence-electron chi connectivity index (χ1n) is 6.22. The van der Waals surface area contributed by atoms with Gasteiger partial charge in [-0.1, -0.05) is 6.92 Å². The van der Waals surface area contributed by atoms with Crippen molar-refractivity contribution in [1.82, 2.24) is 4.90 Å². The van der Waals surface area contributed by atoms with Crippen molar-refractivity contribution in [2.24, 2.45) is 10.9 Å². The second-order valence-corrected chi connectivity index (χ2v) is 4.69. The Bertz CT molecular complexity index is 420. The number of nitrogens with zero attached hydrogens (tertiary/aromatic N) is 2.